The van der Waals surface area contributed by atoms with E-state index in [0.29, 0.717) is 19.4 Å². The van der Waals surface area contributed by atoms with Gasteiger partial charge in [0, 0.05) is 18.5 Å². The molecule has 1 saturated heterocycles. The molecule has 1 aliphatic rings. The standard InChI is InChI=1S/C16H19FN2O3/c1-3-14(19-8-4-5-15(19)21)16(22)18-13-9-11(17)6-7-12(13)10(2)20/h6-7,9,14H,3-5,8H2,1-2H3,(H,18,22). The van der Waals surface area contributed by atoms with Crippen molar-refractivity contribution in [2.45, 2.75) is 39.2 Å². The van der Waals surface area contributed by atoms with Crippen LogP contribution in [0.2, 0.25) is 0 Å². The molecule has 0 saturated carbocycles. The van der Waals surface area contributed by atoms with Crippen LogP contribution < -0.4 is 5.32 Å². The molecule has 2 amide bonds. The van der Waals surface area contributed by atoms with Gasteiger partial charge in [-0.2, -0.15) is 0 Å². The number of halogens is 1. The number of amides is 2. The number of rotatable bonds is 5. The number of likely N-dealkylation sites (tertiary alicyclic amines) is 1. The highest BCUT2D eigenvalue weighted by Gasteiger charge is 2.31. The second-order valence-electron chi connectivity index (χ2n) is 5.35. The van der Waals surface area contributed by atoms with Gasteiger partial charge in [-0.1, -0.05) is 6.92 Å². The molecule has 2 rings (SSSR count). The molecule has 0 bridgehead atoms. The van der Waals surface area contributed by atoms with Gasteiger partial charge in [0.05, 0.1) is 5.69 Å². The van der Waals surface area contributed by atoms with Crippen LogP contribution >= 0.6 is 0 Å². The average molecular weight is 306 g/mol. The summed E-state index contributed by atoms with van der Waals surface area (Å²) in [7, 11) is 0. The van der Waals surface area contributed by atoms with E-state index < -0.39 is 17.8 Å². The van der Waals surface area contributed by atoms with Crippen molar-refractivity contribution in [1.82, 2.24) is 4.90 Å². The van der Waals surface area contributed by atoms with Crippen LogP contribution in [0.15, 0.2) is 18.2 Å². The normalized spacial score (nSPS) is 15.8. The fourth-order valence-corrected chi connectivity index (χ4v) is 2.69. The molecule has 5 nitrogen and oxygen atoms in total. The first kappa shape index (κ1) is 16.1. The molecule has 6 heteroatoms. The Labute approximate surface area is 128 Å². The van der Waals surface area contributed by atoms with Crippen LogP contribution in [0, 0.1) is 5.82 Å². The summed E-state index contributed by atoms with van der Waals surface area (Å²) < 4.78 is 13.4. The highest BCUT2D eigenvalue weighted by atomic mass is 19.1. The monoisotopic (exact) mass is 306 g/mol. The lowest BCUT2D eigenvalue weighted by molar-refractivity contribution is -0.135. The molecule has 0 spiro atoms. The number of hydrogen-bond donors (Lipinski definition) is 1. The van der Waals surface area contributed by atoms with E-state index in [2.05, 4.69) is 5.32 Å². The lowest BCUT2D eigenvalue weighted by atomic mass is 10.1. The van der Waals surface area contributed by atoms with Crippen LogP contribution in [0.1, 0.15) is 43.5 Å². The molecule has 1 aromatic rings. The summed E-state index contributed by atoms with van der Waals surface area (Å²) in [6.45, 7) is 3.71. The van der Waals surface area contributed by atoms with Crippen LogP contribution in [0.25, 0.3) is 0 Å². The SMILES string of the molecule is CCC(C(=O)Nc1cc(F)ccc1C(C)=O)N1CCCC1=O. The van der Waals surface area contributed by atoms with E-state index >= 15 is 0 Å². The van der Waals surface area contributed by atoms with Gasteiger partial charge in [-0.25, -0.2) is 4.39 Å². The third-order valence-corrected chi connectivity index (χ3v) is 3.79. The number of ketones is 1. The summed E-state index contributed by atoms with van der Waals surface area (Å²) in [5.41, 5.74) is 0.389. The highest BCUT2D eigenvalue weighted by Crippen LogP contribution is 2.21. The zero-order chi connectivity index (χ0) is 16.3. The van der Waals surface area contributed by atoms with Gasteiger partial charge < -0.3 is 10.2 Å². The second kappa shape index (κ2) is 6.68. The van der Waals surface area contributed by atoms with Gasteiger partial charge >= 0.3 is 0 Å². The summed E-state index contributed by atoms with van der Waals surface area (Å²) in [6, 6.07) is 3.04. The minimum Gasteiger partial charge on any atom is -0.331 e. The topological polar surface area (TPSA) is 66.5 Å². The maximum absolute atomic E-state index is 13.4. The molecule has 118 valence electrons. The Bertz CT molecular complexity index is 615. The summed E-state index contributed by atoms with van der Waals surface area (Å²) in [5, 5.41) is 2.59. The van der Waals surface area contributed by atoms with Crippen LogP contribution in [-0.4, -0.2) is 35.1 Å². The van der Waals surface area contributed by atoms with Crippen LogP contribution in [-0.2, 0) is 9.59 Å². The molecular weight excluding hydrogens is 287 g/mol. The molecule has 1 fully saturated rings. The number of Topliss-reactive ketones (excluding diaryl/α,β-unsaturated/α-hetero) is 1. The number of anilines is 1. The highest BCUT2D eigenvalue weighted by molar-refractivity contribution is 6.05. The maximum atomic E-state index is 13.4. The first-order valence-electron chi connectivity index (χ1n) is 7.35. The van der Waals surface area contributed by atoms with E-state index in [1.54, 1.807) is 4.90 Å². The van der Waals surface area contributed by atoms with E-state index in [0.717, 1.165) is 12.5 Å². The molecule has 1 N–H and O–H groups in total. The number of carbonyl (C=O) groups is 3. The van der Waals surface area contributed by atoms with Crippen LogP contribution in [0.5, 0.6) is 0 Å². The Balaban J connectivity index is 2.22. The van der Waals surface area contributed by atoms with Gasteiger partial charge in [-0.15, -0.1) is 0 Å². The largest absolute Gasteiger partial charge is 0.331 e. The number of nitrogens with one attached hydrogen (secondary N) is 1. The molecule has 0 aromatic heterocycles. The maximum Gasteiger partial charge on any atom is 0.247 e. The van der Waals surface area contributed by atoms with E-state index in [1.165, 1.54) is 19.1 Å². The Morgan fingerprint density at radius 3 is 2.68 bits per heavy atom. The van der Waals surface area contributed by atoms with Crippen molar-refractivity contribution < 1.29 is 18.8 Å². The van der Waals surface area contributed by atoms with Crippen molar-refractivity contribution >= 4 is 23.3 Å². The molecule has 1 unspecified atom stereocenters. The lowest BCUT2D eigenvalue weighted by Gasteiger charge is -2.26. The predicted molar refractivity (Wildman–Crippen MR) is 80.1 cm³/mol. The molecular formula is C16H19FN2O3. The number of nitrogens with zero attached hydrogens (tertiary/aromatic N) is 1. The first-order chi connectivity index (χ1) is 10.4. The third kappa shape index (κ3) is 3.32. The third-order valence-electron chi connectivity index (χ3n) is 3.79. The molecule has 0 aliphatic carbocycles. The summed E-state index contributed by atoms with van der Waals surface area (Å²) in [5.74, 6) is -1.25. The van der Waals surface area contributed by atoms with Crippen molar-refractivity contribution in [3.8, 4) is 0 Å². The fraction of sp³-hybridized carbons (Fsp3) is 0.438. The number of hydrogen-bond acceptors (Lipinski definition) is 3. The van der Waals surface area contributed by atoms with Crippen molar-refractivity contribution in [3.63, 3.8) is 0 Å². The van der Waals surface area contributed by atoms with Gasteiger partial charge in [-0.3, -0.25) is 14.4 Å². The Hall–Kier alpha value is -2.24. The number of carbonyl (C=O) groups excluding carboxylic acids is 3. The Morgan fingerprint density at radius 1 is 1.41 bits per heavy atom. The zero-order valence-corrected chi connectivity index (χ0v) is 12.7. The van der Waals surface area contributed by atoms with Gasteiger partial charge in [0.25, 0.3) is 0 Å². The summed E-state index contributed by atoms with van der Waals surface area (Å²) in [6.07, 6.45) is 1.64. The van der Waals surface area contributed by atoms with E-state index in [9.17, 15) is 18.8 Å². The number of benzene rings is 1. The molecule has 1 atom stereocenters. The molecule has 0 radical (unpaired) electrons. The smallest absolute Gasteiger partial charge is 0.247 e. The van der Waals surface area contributed by atoms with Crippen LogP contribution in [0.3, 0.4) is 0 Å². The van der Waals surface area contributed by atoms with E-state index in [4.69, 9.17) is 0 Å². The minimum absolute atomic E-state index is 0.0481. The van der Waals surface area contributed by atoms with Gasteiger partial charge in [-0.05, 0) is 38.0 Å². The summed E-state index contributed by atoms with van der Waals surface area (Å²) >= 11 is 0. The van der Waals surface area contributed by atoms with Gasteiger partial charge in [0.2, 0.25) is 11.8 Å². The molecule has 1 heterocycles. The van der Waals surface area contributed by atoms with Crippen molar-refractivity contribution in [1.29, 1.82) is 0 Å². The minimum atomic E-state index is -0.599. The van der Waals surface area contributed by atoms with Crippen molar-refractivity contribution in [3.05, 3.63) is 29.6 Å². The van der Waals surface area contributed by atoms with Crippen LogP contribution in [0.4, 0.5) is 10.1 Å². The Kier molecular flexibility index (Phi) is 4.90. The predicted octanol–water partition coefficient (Wildman–Crippen LogP) is 2.37. The average Bonchev–Trinajstić information content (AvgIpc) is 2.85. The first-order valence-corrected chi connectivity index (χ1v) is 7.35. The van der Waals surface area contributed by atoms with E-state index in [-0.39, 0.29) is 22.9 Å². The second-order valence-corrected chi connectivity index (χ2v) is 5.35. The quantitative estimate of drug-likeness (QED) is 0.849. The van der Waals surface area contributed by atoms with Crippen molar-refractivity contribution in [2.75, 3.05) is 11.9 Å². The molecule has 1 aromatic carbocycles. The molecule has 22 heavy (non-hydrogen) atoms. The molecule has 1 aliphatic heterocycles. The Morgan fingerprint density at radius 2 is 2.14 bits per heavy atom. The fourth-order valence-electron chi connectivity index (χ4n) is 2.69. The summed E-state index contributed by atoms with van der Waals surface area (Å²) in [4.78, 5) is 37.3. The lowest BCUT2D eigenvalue weighted by Crippen LogP contribution is -2.44. The van der Waals surface area contributed by atoms with Gasteiger partial charge in [0.15, 0.2) is 5.78 Å². The van der Waals surface area contributed by atoms with Crippen molar-refractivity contribution in [2.24, 2.45) is 0 Å². The van der Waals surface area contributed by atoms with E-state index in [1.807, 2.05) is 6.92 Å². The van der Waals surface area contributed by atoms with Gasteiger partial charge in [0.1, 0.15) is 11.9 Å². The zero-order valence-electron chi connectivity index (χ0n) is 12.7.